The van der Waals surface area contributed by atoms with Crippen molar-refractivity contribution in [3.8, 4) is 0 Å². The molecule has 92 valence electrons. The van der Waals surface area contributed by atoms with Crippen LogP contribution in [0.5, 0.6) is 0 Å². The Morgan fingerprint density at radius 2 is 2.35 bits per heavy atom. The van der Waals surface area contributed by atoms with Crippen molar-refractivity contribution in [1.82, 2.24) is 4.90 Å². The summed E-state index contributed by atoms with van der Waals surface area (Å²) in [6.07, 6.45) is 2.30. The maximum absolute atomic E-state index is 12.0. The van der Waals surface area contributed by atoms with Crippen molar-refractivity contribution in [3.05, 3.63) is 29.3 Å². The van der Waals surface area contributed by atoms with E-state index in [-0.39, 0.29) is 6.03 Å². The van der Waals surface area contributed by atoms with Crippen LogP contribution in [0, 0.1) is 5.92 Å². The molecule has 1 saturated heterocycles. The second-order valence-corrected chi connectivity index (χ2v) is 5.07. The standard InChI is InChI=1S/C13H17ClN2O/c1-10-4-3-7-16(9-10)13(17)15-12-6-2-5-11(14)8-12/h2,5-6,8,10H,3-4,7,9H2,1H3,(H,15,17). The number of amides is 2. The number of nitrogens with zero attached hydrogens (tertiary/aromatic N) is 1. The van der Waals surface area contributed by atoms with E-state index in [1.165, 1.54) is 6.42 Å². The van der Waals surface area contributed by atoms with Crippen molar-refractivity contribution in [2.24, 2.45) is 5.92 Å². The second-order valence-electron chi connectivity index (χ2n) is 4.63. The number of urea groups is 1. The van der Waals surface area contributed by atoms with Crippen LogP contribution in [-0.4, -0.2) is 24.0 Å². The van der Waals surface area contributed by atoms with Gasteiger partial charge in [0.1, 0.15) is 0 Å². The molecule has 1 aliphatic heterocycles. The highest BCUT2D eigenvalue weighted by Crippen LogP contribution is 2.18. The third-order valence-corrected chi connectivity index (χ3v) is 3.26. The number of anilines is 1. The van der Waals surface area contributed by atoms with Gasteiger partial charge in [0.05, 0.1) is 0 Å². The lowest BCUT2D eigenvalue weighted by Crippen LogP contribution is -2.41. The number of hydrogen-bond acceptors (Lipinski definition) is 1. The number of likely N-dealkylation sites (tertiary alicyclic amines) is 1. The van der Waals surface area contributed by atoms with Crippen LogP contribution in [0.4, 0.5) is 10.5 Å². The van der Waals surface area contributed by atoms with Crippen molar-refractivity contribution in [3.63, 3.8) is 0 Å². The number of halogens is 1. The summed E-state index contributed by atoms with van der Waals surface area (Å²) in [7, 11) is 0. The van der Waals surface area contributed by atoms with Gasteiger partial charge >= 0.3 is 6.03 Å². The van der Waals surface area contributed by atoms with Gasteiger partial charge in [-0.15, -0.1) is 0 Å². The lowest BCUT2D eigenvalue weighted by molar-refractivity contribution is 0.182. The van der Waals surface area contributed by atoms with Crippen LogP contribution in [0.1, 0.15) is 19.8 Å². The Kier molecular flexibility index (Phi) is 3.89. The highest BCUT2D eigenvalue weighted by molar-refractivity contribution is 6.30. The molecule has 1 heterocycles. The third kappa shape index (κ3) is 3.37. The van der Waals surface area contributed by atoms with Crippen LogP contribution >= 0.6 is 11.6 Å². The summed E-state index contributed by atoms with van der Waals surface area (Å²) < 4.78 is 0. The van der Waals surface area contributed by atoms with Crippen LogP contribution in [0.25, 0.3) is 0 Å². The zero-order valence-corrected chi connectivity index (χ0v) is 10.7. The van der Waals surface area contributed by atoms with E-state index in [0.29, 0.717) is 10.9 Å². The van der Waals surface area contributed by atoms with Crippen LogP contribution in [0.3, 0.4) is 0 Å². The van der Waals surface area contributed by atoms with Gasteiger partial charge in [-0.2, -0.15) is 0 Å². The molecule has 1 atom stereocenters. The molecule has 2 amide bonds. The molecule has 0 saturated carbocycles. The lowest BCUT2D eigenvalue weighted by Gasteiger charge is -2.30. The van der Waals surface area contributed by atoms with E-state index >= 15 is 0 Å². The maximum Gasteiger partial charge on any atom is 0.321 e. The minimum Gasteiger partial charge on any atom is -0.324 e. The van der Waals surface area contributed by atoms with E-state index in [1.807, 2.05) is 17.0 Å². The fraction of sp³-hybridized carbons (Fsp3) is 0.462. The van der Waals surface area contributed by atoms with E-state index in [0.717, 1.165) is 25.2 Å². The Morgan fingerprint density at radius 1 is 1.53 bits per heavy atom. The number of benzene rings is 1. The van der Waals surface area contributed by atoms with Gasteiger partial charge in [0.25, 0.3) is 0 Å². The first kappa shape index (κ1) is 12.2. The number of carbonyl (C=O) groups excluding carboxylic acids is 1. The Balaban J connectivity index is 1.96. The molecule has 2 rings (SSSR count). The quantitative estimate of drug-likeness (QED) is 0.814. The molecule has 4 heteroatoms. The average molecular weight is 253 g/mol. The monoisotopic (exact) mass is 252 g/mol. The zero-order chi connectivity index (χ0) is 12.3. The van der Waals surface area contributed by atoms with E-state index in [9.17, 15) is 4.79 Å². The molecular weight excluding hydrogens is 236 g/mol. The van der Waals surface area contributed by atoms with E-state index in [1.54, 1.807) is 12.1 Å². The summed E-state index contributed by atoms with van der Waals surface area (Å²) in [4.78, 5) is 13.9. The molecule has 0 radical (unpaired) electrons. The van der Waals surface area contributed by atoms with E-state index < -0.39 is 0 Å². The highest BCUT2D eigenvalue weighted by Gasteiger charge is 2.20. The number of rotatable bonds is 1. The van der Waals surface area contributed by atoms with Crippen LogP contribution in [-0.2, 0) is 0 Å². The number of carbonyl (C=O) groups is 1. The predicted molar refractivity (Wildman–Crippen MR) is 70.4 cm³/mol. The molecule has 0 spiro atoms. The van der Waals surface area contributed by atoms with E-state index in [2.05, 4.69) is 12.2 Å². The van der Waals surface area contributed by atoms with Crippen LogP contribution in [0.15, 0.2) is 24.3 Å². The molecule has 1 aliphatic rings. The van der Waals surface area contributed by atoms with Gasteiger partial charge in [-0.05, 0) is 37.0 Å². The van der Waals surface area contributed by atoms with Gasteiger partial charge in [0.2, 0.25) is 0 Å². The molecule has 1 fully saturated rings. The van der Waals surface area contributed by atoms with Gasteiger partial charge in [-0.25, -0.2) is 4.79 Å². The maximum atomic E-state index is 12.0. The lowest BCUT2D eigenvalue weighted by atomic mass is 10.0. The molecule has 1 N–H and O–H groups in total. The van der Waals surface area contributed by atoms with Crippen LogP contribution < -0.4 is 5.32 Å². The molecule has 1 aromatic rings. The molecule has 0 aromatic heterocycles. The number of hydrogen-bond donors (Lipinski definition) is 1. The van der Waals surface area contributed by atoms with Gasteiger partial charge in [0, 0.05) is 23.8 Å². The molecule has 17 heavy (non-hydrogen) atoms. The molecule has 0 aliphatic carbocycles. The summed E-state index contributed by atoms with van der Waals surface area (Å²) in [5.74, 6) is 0.592. The molecular formula is C13H17ClN2O. The van der Waals surface area contributed by atoms with Crippen molar-refractivity contribution >= 4 is 23.3 Å². The Bertz CT molecular complexity index is 408. The number of nitrogens with one attached hydrogen (secondary N) is 1. The Morgan fingerprint density at radius 3 is 3.06 bits per heavy atom. The number of piperidine rings is 1. The third-order valence-electron chi connectivity index (χ3n) is 3.02. The van der Waals surface area contributed by atoms with Gasteiger partial charge in [0.15, 0.2) is 0 Å². The molecule has 1 aromatic carbocycles. The predicted octanol–water partition coefficient (Wildman–Crippen LogP) is 3.60. The summed E-state index contributed by atoms with van der Waals surface area (Å²) >= 11 is 5.87. The molecule has 3 nitrogen and oxygen atoms in total. The first-order valence-corrected chi connectivity index (χ1v) is 6.34. The Hall–Kier alpha value is -1.22. The largest absolute Gasteiger partial charge is 0.324 e. The fourth-order valence-electron chi connectivity index (χ4n) is 2.14. The Labute approximate surface area is 107 Å². The summed E-state index contributed by atoms with van der Waals surface area (Å²) in [5, 5.41) is 3.51. The SMILES string of the molecule is CC1CCCN(C(=O)Nc2cccc(Cl)c2)C1. The van der Waals surface area contributed by atoms with Gasteiger partial charge < -0.3 is 10.2 Å². The average Bonchev–Trinajstić information content (AvgIpc) is 2.29. The molecule has 0 bridgehead atoms. The van der Waals surface area contributed by atoms with Crippen molar-refractivity contribution in [1.29, 1.82) is 0 Å². The van der Waals surface area contributed by atoms with Crippen molar-refractivity contribution < 1.29 is 4.79 Å². The van der Waals surface area contributed by atoms with E-state index in [4.69, 9.17) is 11.6 Å². The van der Waals surface area contributed by atoms with Gasteiger partial charge in [-0.3, -0.25) is 0 Å². The summed E-state index contributed by atoms with van der Waals surface area (Å²) in [6.45, 7) is 3.86. The van der Waals surface area contributed by atoms with Gasteiger partial charge in [-0.1, -0.05) is 24.6 Å². The molecule has 1 unspecified atom stereocenters. The minimum absolute atomic E-state index is 0.0289. The van der Waals surface area contributed by atoms with Crippen molar-refractivity contribution in [2.75, 3.05) is 18.4 Å². The summed E-state index contributed by atoms with van der Waals surface area (Å²) in [6, 6.07) is 7.19. The summed E-state index contributed by atoms with van der Waals surface area (Å²) in [5.41, 5.74) is 0.751. The first-order valence-electron chi connectivity index (χ1n) is 5.96. The second kappa shape index (κ2) is 5.41. The minimum atomic E-state index is -0.0289. The highest BCUT2D eigenvalue weighted by atomic mass is 35.5. The smallest absolute Gasteiger partial charge is 0.321 e. The topological polar surface area (TPSA) is 32.3 Å². The van der Waals surface area contributed by atoms with Crippen molar-refractivity contribution in [2.45, 2.75) is 19.8 Å². The first-order chi connectivity index (χ1) is 8.15. The normalized spacial score (nSPS) is 20.1. The van der Waals surface area contributed by atoms with Crippen LogP contribution in [0.2, 0.25) is 5.02 Å². The zero-order valence-electron chi connectivity index (χ0n) is 9.95. The fourth-order valence-corrected chi connectivity index (χ4v) is 2.33.